The number of sulfonamides is 1. The summed E-state index contributed by atoms with van der Waals surface area (Å²) in [4.78, 5) is 8.68. The number of nitrogens with zero attached hydrogens (tertiary/aromatic N) is 2. The quantitative estimate of drug-likeness (QED) is 0.292. The number of halogens is 1. The summed E-state index contributed by atoms with van der Waals surface area (Å²) in [7, 11) is -2.39. The van der Waals surface area contributed by atoms with Crippen LogP contribution in [-0.2, 0) is 10.0 Å². The van der Waals surface area contributed by atoms with E-state index in [9.17, 15) is 8.42 Å². The van der Waals surface area contributed by atoms with E-state index in [0.29, 0.717) is 22.6 Å². The van der Waals surface area contributed by atoms with Gasteiger partial charge in [-0.1, -0.05) is 41.9 Å². The van der Waals surface area contributed by atoms with E-state index < -0.39 is 10.0 Å². The summed E-state index contributed by atoms with van der Waals surface area (Å²) in [6, 6.07) is 19.5. The Hall–Kier alpha value is -3.88. The Morgan fingerprint density at radius 3 is 2.38 bits per heavy atom. The molecular formula is C25H18ClN3O4S. The van der Waals surface area contributed by atoms with Crippen molar-refractivity contribution in [1.29, 1.82) is 0 Å². The topological polar surface area (TPSA) is 94.3 Å². The molecule has 7 nitrogen and oxygen atoms in total. The molecule has 0 radical (unpaired) electrons. The Morgan fingerprint density at radius 2 is 1.65 bits per heavy atom. The number of furan rings is 1. The molecule has 3 aromatic heterocycles. The Morgan fingerprint density at radius 1 is 0.912 bits per heavy atom. The van der Waals surface area contributed by atoms with Crippen molar-refractivity contribution in [2.45, 2.75) is 4.90 Å². The van der Waals surface area contributed by atoms with Gasteiger partial charge in [0.1, 0.15) is 12.0 Å². The maximum absolute atomic E-state index is 12.9. The standard InChI is InChI=1S/C25H18ClN3O4S/c1-32-19-7-9-20(10-8-19)34(30,31)29-23-12-18(14-27-24(23)26)22-15-33-25-21(22)11-17(13-28-25)16-5-3-2-4-6-16/h2-15,29H,1H3. The second-order valence-corrected chi connectivity index (χ2v) is 9.48. The molecule has 0 atom stereocenters. The minimum atomic E-state index is -3.90. The van der Waals surface area contributed by atoms with E-state index in [1.165, 1.54) is 19.2 Å². The van der Waals surface area contributed by atoms with Gasteiger partial charge < -0.3 is 9.15 Å². The zero-order valence-corrected chi connectivity index (χ0v) is 19.5. The van der Waals surface area contributed by atoms with Gasteiger partial charge >= 0.3 is 0 Å². The van der Waals surface area contributed by atoms with E-state index in [-0.39, 0.29) is 15.7 Å². The van der Waals surface area contributed by atoms with Crippen molar-refractivity contribution in [3.05, 3.63) is 90.5 Å². The van der Waals surface area contributed by atoms with Crippen molar-refractivity contribution in [3.8, 4) is 28.0 Å². The van der Waals surface area contributed by atoms with Crippen molar-refractivity contribution in [2.75, 3.05) is 11.8 Å². The molecule has 0 saturated heterocycles. The molecule has 0 saturated carbocycles. The first kappa shape index (κ1) is 21.9. The van der Waals surface area contributed by atoms with Crippen LogP contribution in [0.4, 0.5) is 5.69 Å². The van der Waals surface area contributed by atoms with Gasteiger partial charge in [-0.25, -0.2) is 18.4 Å². The Balaban J connectivity index is 1.52. The van der Waals surface area contributed by atoms with Crippen LogP contribution in [0.25, 0.3) is 33.4 Å². The van der Waals surface area contributed by atoms with Crippen LogP contribution in [0.3, 0.4) is 0 Å². The number of pyridine rings is 2. The van der Waals surface area contributed by atoms with Crippen LogP contribution in [0, 0.1) is 0 Å². The van der Waals surface area contributed by atoms with Crippen LogP contribution in [0.5, 0.6) is 5.75 Å². The van der Waals surface area contributed by atoms with E-state index >= 15 is 0 Å². The van der Waals surface area contributed by atoms with Crippen molar-refractivity contribution >= 4 is 38.4 Å². The normalized spacial score (nSPS) is 11.5. The number of fused-ring (bicyclic) bond motifs is 1. The van der Waals surface area contributed by atoms with Gasteiger partial charge in [0.05, 0.1) is 17.7 Å². The molecule has 3 heterocycles. The SMILES string of the molecule is COc1ccc(S(=O)(=O)Nc2cc(-c3coc4ncc(-c5ccccc5)cc34)cnc2Cl)cc1. The summed E-state index contributed by atoms with van der Waals surface area (Å²) in [5.41, 5.74) is 3.91. The molecule has 170 valence electrons. The van der Waals surface area contributed by atoms with Gasteiger partial charge in [-0.2, -0.15) is 0 Å². The highest BCUT2D eigenvalue weighted by Gasteiger charge is 2.19. The summed E-state index contributed by atoms with van der Waals surface area (Å²) < 4.78 is 39.0. The number of ether oxygens (including phenoxy) is 1. The first-order valence-corrected chi connectivity index (χ1v) is 12.1. The molecule has 0 spiro atoms. The molecular weight excluding hydrogens is 474 g/mol. The highest BCUT2D eigenvalue weighted by atomic mass is 35.5. The highest BCUT2D eigenvalue weighted by Crippen LogP contribution is 2.35. The first-order valence-electron chi connectivity index (χ1n) is 10.2. The van der Waals surface area contributed by atoms with Gasteiger partial charge in [0.2, 0.25) is 5.71 Å². The fourth-order valence-electron chi connectivity index (χ4n) is 3.55. The van der Waals surface area contributed by atoms with Crippen LogP contribution >= 0.6 is 11.6 Å². The molecule has 0 aliphatic carbocycles. The highest BCUT2D eigenvalue weighted by molar-refractivity contribution is 7.92. The zero-order chi connectivity index (χ0) is 23.7. The lowest BCUT2D eigenvalue weighted by atomic mass is 10.0. The zero-order valence-electron chi connectivity index (χ0n) is 17.9. The van der Waals surface area contributed by atoms with E-state index in [0.717, 1.165) is 16.5 Å². The molecule has 0 bridgehead atoms. The summed E-state index contributed by atoms with van der Waals surface area (Å²) in [6.45, 7) is 0. The second-order valence-electron chi connectivity index (χ2n) is 7.44. The van der Waals surface area contributed by atoms with E-state index in [4.69, 9.17) is 20.8 Å². The number of anilines is 1. The summed E-state index contributed by atoms with van der Waals surface area (Å²) in [6.07, 6.45) is 4.88. The van der Waals surface area contributed by atoms with Crippen molar-refractivity contribution in [1.82, 2.24) is 9.97 Å². The number of benzene rings is 2. The third-order valence-electron chi connectivity index (χ3n) is 5.30. The molecule has 2 aromatic carbocycles. The van der Waals surface area contributed by atoms with Crippen LogP contribution in [0.1, 0.15) is 0 Å². The number of nitrogens with one attached hydrogen (secondary N) is 1. The lowest BCUT2D eigenvalue weighted by Crippen LogP contribution is -2.13. The number of aromatic nitrogens is 2. The fraction of sp³-hybridized carbons (Fsp3) is 0.0400. The minimum absolute atomic E-state index is 0.0248. The number of hydrogen-bond donors (Lipinski definition) is 1. The first-order chi connectivity index (χ1) is 16.4. The Bertz CT molecular complexity index is 1580. The average molecular weight is 492 g/mol. The van der Waals surface area contributed by atoms with Gasteiger partial charge in [0.15, 0.2) is 5.15 Å². The summed E-state index contributed by atoms with van der Waals surface area (Å²) >= 11 is 6.23. The molecule has 34 heavy (non-hydrogen) atoms. The van der Waals surface area contributed by atoms with E-state index in [1.54, 1.807) is 36.9 Å². The molecule has 0 fully saturated rings. The number of methoxy groups -OCH3 is 1. The van der Waals surface area contributed by atoms with E-state index in [2.05, 4.69) is 14.7 Å². The predicted molar refractivity (Wildman–Crippen MR) is 131 cm³/mol. The van der Waals surface area contributed by atoms with Crippen LogP contribution in [0.15, 0.2) is 94.7 Å². The molecule has 9 heteroatoms. The fourth-order valence-corrected chi connectivity index (χ4v) is 4.82. The van der Waals surface area contributed by atoms with Gasteiger partial charge in [0.25, 0.3) is 10.0 Å². The van der Waals surface area contributed by atoms with Crippen molar-refractivity contribution < 1.29 is 17.6 Å². The average Bonchev–Trinajstić information content (AvgIpc) is 3.29. The third-order valence-corrected chi connectivity index (χ3v) is 6.98. The number of rotatable bonds is 6. The van der Waals surface area contributed by atoms with Gasteiger partial charge in [0, 0.05) is 34.5 Å². The Kier molecular flexibility index (Phi) is 5.69. The van der Waals surface area contributed by atoms with Crippen LogP contribution in [0.2, 0.25) is 5.15 Å². The van der Waals surface area contributed by atoms with Crippen molar-refractivity contribution in [3.63, 3.8) is 0 Å². The van der Waals surface area contributed by atoms with Crippen molar-refractivity contribution in [2.24, 2.45) is 0 Å². The lowest BCUT2D eigenvalue weighted by Gasteiger charge is -2.11. The molecule has 1 N–H and O–H groups in total. The molecule has 0 unspecified atom stereocenters. The molecule has 0 amide bonds. The minimum Gasteiger partial charge on any atom is -0.497 e. The predicted octanol–water partition coefficient (Wildman–Crippen LogP) is 6.02. The number of hydrogen-bond acceptors (Lipinski definition) is 6. The van der Waals surface area contributed by atoms with Gasteiger partial charge in [-0.05, 0) is 42.0 Å². The van der Waals surface area contributed by atoms with Gasteiger partial charge in [-0.3, -0.25) is 4.72 Å². The monoisotopic (exact) mass is 491 g/mol. The smallest absolute Gasteiger partial charge is 0.261 e. The maximum Gasteiger partial charge on any atom is 0.261 e. The van der Waals surface area contributed by atoms with Gasteiger partial charge in [-0.15, -0.1) is 0 Å². The largest absolute Gasteiger partial charge is 0.497 e. The molecule has 5 aromatic rings. The maximum atomic E-state index is 12.9. The van der Waals surface area contributed by atoms with Crippen LogP contribution in [-0.4, -0.2) is 25.5 Å². The lowest BCUT2D eigenvalue weighted by molar-refractivity contribution is 0.414. The Labute approximate surface area is 201 Å². The van der Waals surface area contributed by atoms with Crippen LogP contribution < -0.4 is 9.46 Å². The summed E-state index contributed by atoms with van der Waals surface area (Å²) in [5, 5.41) is 0.797. The molecule has 0 aliphatic rings. The third kappa shape index (κ3) is 4.21. The second kappa shape index (κ2) is 8.81. The molecule has 0 aliphatic heterocycles. The molecule has 5 rings (SSSR count). The summed E-state index contributed by atoms with van der Waals surface area (Å²) in [5.74, 6) is 0.552. The van der Waals surface area contributed by atoms with E-state index in [1.807, 2.05) is 36.4 Å².